The number of carboxylic acids is 1. The number of aryl methyl sites for hydroxylation is 2. The Morgan fingerprint density at radius 2 is 2.27 bits per heavy atom. The molecule has 0 spiro atoms. The number of rotatable bonds is 1. The average molecular weight is 207 g/mol. The summed E-state index contributed by atoms with van der Waals surface area (Å²) in [6.07, 6.45) is 1.19. The lowest BCUT2D eigenvalue weighted by atomic mass is 10.2. The lowest BCUT2D eigenvalue weighted by Gasteiger charge is -1.96. The maximum absolute atomic E-state index is 11.7. The van der Waals surface area contributed by atoms with Gasteiger partial charge in [0, 0.05) is 13.2 Å². The van der Waals surface area contributed by atoms with Gasteiger partial charge in [-0.1, -0.05) is 0 Å². The first-order valence-corrected chi connectivity index (χ1v) is 4.30. The van der Waals surface area contributed by atoms with Crippen LogP contribution in [0, 0.1) is 6.92 Å². The first kappa shape index (κ1) is 9.45. The van der Waals surface area contributed by atoms with Crippen LogP contribution >= 0.6 is 0 Å². The van der Waals surface area contributed by atoms with Gasteiger partial charge in [-0.2, -0.15) is 5.10 Å². The van der Waals surface area contributed by atoms with Crippen LogP contribution in [0.5, 0.6) is 0 Å². The van der Waals surface area contributed by atoms with Crippen LogP contribution in [0.1, 0.15) is 16.1 Å². The minimum Gasteiger partial charge on any atom is -0.477 e. The number of H-pyrrole nitrogens is 1. The largest absolute Gasteiger partial charge is 0.477 e. The van der Waals surface area contributed by atoms with Crippen molar-refractivity contribution < 1.29 is 9.90 Å². The minimum atomic E-state index is -1.23. The lowest BCUT2D eigenvalue weighted by Crippen LogP contribution is -2.15. The predicted molar refractivity (Wildman–Crippen MR) is 53.0 cm³/mol. The Morgan fingerprint density at radius 3 is 2.87 bits per heavy atom. The molecule has 15 heavy (non-hydrogen) atoms. The maximum Gasteiger partial charge on any atom is 0.341 e. The summed E-state index contributed by atoms with van der Waals surface area (Å²) < 4.78 is 1.51. The molecule has 2 rings (SSSR count). The van der Waals surface area contributed by atoms with Gasteiger partial charge in [-0.15, -0.1) is 0 Å². The van der Waals surface area contributed by atoms with Crippen molar-refractivity contribution in [3.63, 3.8) is 0 Å². The van der Waals surface area contributed by atoms with Crippen LogP contribution in [-0.4, -0.2) is 25.8 Å². The Labute approximate surface area is 84.2 Å². The Kier molecular flexibility index (Phi) is 1.85. The fraction of sp³-hybridized carbons (Fsp3) is 0.222. The quantitative estimate of drug-likeness (QED) is 0.702. The molecular weight excluding hydrogens is 198 g/mol. The second-order valence-electron chi connectivity index (χ2n) is 3.27. The fourth-order valence-electron chi connectivity index (χ4n) is 1.60. The second kappa shape index (κ2) is 2.94. The van der Waals surface area contributed by atoms with Crippen molar-refractivity contribution in [1.29, 1.82) is 0 Å². The third-order valence-electron chi connectivity index (χ3n) is 2.28. The Morgan fingerprint density at radius 1 is 1.60 bits per heavy atom. The van der Waals surface area contributed by atoms with E-state index < -0.39 is 11.4 Å². The van der Waals surface area contributed by atoms with E-state index in [4.69, 9.17) is 5.11 Å². The van der Waals surface area contributed by atoms with E-state index in [0.717, 1.165) is 0 Å². The fourth-order valence-corrected chi connectivity index (χ4v) is 1.60. The van der Waals surface area contributed by atoms with Crippen LogP contribution in [-0.2, 0) is 7.05 Å². The number of carbonyl (C=O) groups is 1. The van der Waals surface area contributed by atoms with Gasteiger partial charge >= 0.3 is 5.97 Å². The number of hydrogen-bond acceptors (Lipinski definition) is 3. The number of nitrogens with one attached hydrogen (secondary N) is 1. The highest BCUT2D eigenvalue weighted by molar-refractivity contribution is 5.92. The standard InChI is InChI=1S/C9H9N3O3/c1-4-6-7(13)5(9(14)15)3-10-8(6)12(2)11-4/h3H,1-2H3,(H,10,13)(H,14,15). The van der Waals surface area contributed by atoms with Crippen LogP contribution in [0.15, 0.2) is 11.0 Å². The van der Waals surface area contributed by atoms with Crippen LogP contribution in [0.3, 0.4) is 0 Å². The van der Waals surface area contributed by atoms with Gasteiger partial charge in [-0.05, 0) is 6.92 Å². The smallest absolute Gasteiger partial charge is 0.341 e. The third kappa shape index (κ3) is 1.22. The lowest BCUT2D eigenvalue weighted by molar-refractivity contribution is 0.0695. The molecule has 0 aliphatic carbocycles. The van der Waals surface area contributed by atoms with Crippen LogP contribution in [0.4, 0.5) is 0 Å². The highest BCUT2D eigenvalue weighted by Gasteiger charge is 2.15. The van der Waals surface area contributed by atoms with Crippen molar-refractivity contribution in [1.82, 2.24) is 14.8 Å². The summed E-state index contributed by atoms with van der Waals surface area (Å²) in [5, 5.41) is 13.2. The van der Waals surface area contributed by atoms with Crippen molar-refractivity contribution in [2.75, 3.05) is 0 Å². The summed E-state index contributed by atoms with van der Waals surface area (Å²) in [4.78, 5) is 25.2. The molecule has 6 nitrogen and oxygen atoms in total. The number of hydrogen-bond donors (Lipinski definition) is 2. The van der Waals surface area contributed by atoms with E-state index in [0.29, 0.717) is 16.7 Å². The number of fused-ring (bicyclic) bond motifs is 1. The van der Waals surface area contributed by atoms with Crippen LogP contribution in [0.2, 0.25) is 0 Å². The monoisotopic (exact) mass is 207 g/mol. The first-order chi connectivity index (χ1) is 7.02. The molecular formula is C9H9N3O3. The summed E-state index contributed by atoms with van der Waals surface area (Å²) in [6, 6.07) is 0. The number of aromatic amines is 1. The second-order valence-corrected chi connectivity index (χ2v) is 3.27. The Balaban J connectivity index is 2.96. The Bertz CT molecular complexity index is 609. The van der Waals surface area contributed by atoms with E-state index in [1.807, 2.05) is 0 Å². The van der Waals surface area contributed by atoms with Crippen LogP contribution in [0.25, 0.3) is 11.0 Å². The van der Waals surface area contributed by atoms with Gasteiger partial charge in [-0.25, -0.2) is 4.79 Å². The maximum atomic E-state index is 11.7. The van der Waals surface area contributed by atoms with Crippen molar-refractivity contribution in [3.8, 4) is 0 Å². The zero-order valence-electron chi connectivity index (χ0n) is 8.24. The zero-order chi connectivity index (χ0) is 11.2. The number of carboxylic acid groups (broad SMARTS) is 1. The molecule has 0 saturated heterocycles. The van der Waals surface area contributed by atoms with Gasteiger partial charge in [0.05, 0.1) is 11.1 Å². The molecule has 6 heteroatoms. The molecule has 2 aromatic rings. The van der Waals surface area contributed by atoms with E-state index >= 15 is 0 Å². The molecule has 2 aromatic heterocycles. The molecule has 0 atom stereocenters. The minimum absolute atomic E-state index is 0.265. The van der Waals surface area contributed by atoms with Crippen molar-refractivity contribution >= 4 is 17.0 Å². The molecule has 0 aromatic carbocycles. The summed E-state index contributed by atoms with van der Waals surface area (Å²) in [5.74, 6) is -1.23. The number of pyridine rings is 1. The molecule has 0 fully saturated rings. The molecule has 78 valence electrons. The number of aromatic carboxylic acids is 1. The average Bonchev–Trinajstić information content (AvgIpc) is 2.43. The van der Waals surface area contributed by atoms with Crippen molar-refractivity contribution in [3.05, 3.63) is 27.7 Å². The highest BCUT2D eigenvalue weighted by atomic mass is 16.4. The molecule has 0 saturated carbocycles. The van der Waals surface area contributed by atoms with Gasteiger partial charge in [0.25, 0.3) is 0 Å². The van der Waals surface area contributed by atoms with E-state index in [1.165, 1.54) is 10.9 Å². The van der Waals surface area contributed by atoms with Gasteiger partial charge in [-0.3, -0.25) is 9.48 Å². The Hall–Kier alpha value is -2.11. The molecule has 0 aliphatic heterocycles. The summed E-state index contributed by atoms with van der Waals surface area (Å²) in [6.45, 7) is 1.67. The molecule has 0 unspecified atom stereocenters. The van der Waals surface area contributed by atoms with E-state index in [-0.39, 0.29) is 5.56 Å². The number of nitrogens with zero attached hydrogens (tertiary/aromatic N) is 2. The van der Waals surface area contributed by atoms with E-state index in [1.54, 1.807) is 14.0 Å². The summed E-state index contributed by atoms with van der Waals surface area (Å²) in [7, 11) is 1.69. The summed E-state index contributed by atoms with van der Waals surface area (Å²) in [5.41, 5.74) is 0.291. The van der Waals surface area contributed by atoms with Gasteiger partial charge < -0.3 is 10.1 Å². The van der Waals surface area contributed by atoms with Crippen molar-refractivity contribution in [2.45, 2.75) is 6.92 Å². The first-order valence-electron chi connectivity index (χ1n) is 4.30. The van der Waals surface area contributed by atoms with E-state index in [9.17, 15) is 9.59 Å². The van der Waals surface area contributed by atoms with Gasteiger partial charge in [0.15, 0.2) is 0 Å². The van der Waals surface area contributed by atoms with Crippen molar-refractivity contribution in [2.24, 2.45) is 7.05 Å². The zero-order valence-corrected chi connectivity index (χ0v) is 8.24. The molecule has 2 N–H and O–H groups in total. The third-order valence-corrected chi connectivity index (χ3v) is 2.28. The summed E-state index contributed by atoms with van der Waals surface area (Å²) >= 11 is 0. The van der Waals surface area contributed by atoms with Gasteiger partial charge in [0.1, 0.15) is 11.2 Å². The molecule has 0 aliphatic rings. The van der Waals surface area contributed by atoms with Crippen LogP contribution < -0.4 is 5.43 Å². The molecule has 0 radical (unpaired) electrons. The number of aromatic nitrogens is 3. The topological polar surface area (TPSA) is 88.0 Å². The normalized spacial score (nSPS) is 10.8. The SMILES string of the molecule is Cc1nn(C)c2[nH]cc(C(=O)O)c(=O)c12. The molecule has 2 heterocycles. The molecule has 0 amide bonds. The van der Waals surface area contributed by atoms with E-state index in [2.05, 4.69) is 10.1 Å². The van der Waals surface area contributed by atoms with Gasteiger partial charge in [0.2, 0.25) is 5.43 Å². The highest BCUT2D eigenvalue weighted by Crippen LogP contribution is 2.10. The predicted octanol–water partition coefficient (Wildman–Crippen LogP) is 0.268. The molecule has 0 bridgehead atoms.